The first-order chi connectivity index (χ1) is 13.1. The van der Waals surface area contributed by atoms with Crippen LogP contribution in [0.3, 0.4) is 0 Å². The van der Waals surface area contributed by atoms with Crippen LogP contribution in [0.1, 0.15) is 15.9 Å². The van der Waals surface area contributed by atoms with Gasteiger partial charge in [-0.15, -0.1) is 0 Å². The smallest absolute Gasteiger partial charge is 0.322 e. The molecule has 0 aliphatic carbocycles. The summed E-state index contributed by atoms with van der Waals surface area (Å²) < 4.78 is 0. The number of rotatable bonds is 4. The Balaban J connectivity index is 1.60. The summed E-state index contributed by atoms with van der Waals surface area (Å²) in [6.07, 6.45) is 0. The molecule has 6 nitrogen and oxygen atoms in total. The molecule has 0 spiro atoms. The average Bonchev–Trinajstić information content (AvgIpc) is 2.69. The maximum Gasteiger partial charge on any atom is 0.323 e. The summed E-state index contributed by atoms with van der Waals surface area (Å²) >= 11 is 0. The van der Waals surface area contributed by atoms with Crippen molar-refractivity contribution in [1.82, 2.24) is 0 Å². The number of carbonyl (C=O) groups is 2. The van der Waals surface area contributed by atoms with E-state index in [-0.39, 0.29) is 11.9 Å². The van der Waals surface area contributed by atoms with Crippen molar-refractivity contribution >= 4 is 29.0 Å². The summed E-state index contributed by atoms with van der Waals surface area (Å²) in [4.78, 5) is 24.3. The van der Waals surface area contributed by atoms with E-state index in [4.69, 9.17) is 5.26 Å². The molecule has 3 aromatic rings. The number of hydrogen-bond donors (Lipinski definition) is 3. The van der Waals surface area contributed by atoms with Crippen molar-refractivity contribution in [3.05, 3.63) is 90.0 Å². The van der Waals surface area contributed by atoms with Gasteiger partial charge in [-0.3, -0.25) is 4.79 Å². The van der Waals surface area contributed by atoms with Crippen molar-refractivity contribution in [3.63, 3.8) is 0 Å². The first-order valence-electron chi connectivity index (χ1n) is 8.19. The summed E-state index contributed by atoms with van der Waals surface area (Å²) in [7, 11) is 0. The lowest BCUT2D eigenvalue weighted by Crippen LogP contribution is -2.19. The van der Waals surface area contributed by atoms with Gasteiger partial charge < -0.3 is 16.0 Å². The summed E-state index contributed by atoms with van der Waals surface area (Å²) in [6, 6.07) is 23.9. The highest BCUT2D eigenvalue weighted by Crippen LogP contribution is 2.14. The largest absolute Gasteiger partial charge is 0.323 e. The van der Waals surface area contributed by atoms with Gasteiger partial charge in [-0.05, 0) is 54.6 Å². The Labute approximate surface area is 156 Å². The monoisotopic (exact) mass is 356 g/mol. The first kappa shape index (κ1) is 17.7. The zero-order chi connectivity index (χ0) is 19.1. The van der Waals surface area contributed by atoms with Gasteiger partial charge in [0.05, 0.1) is 11.6 Å². The number of hydrogen-bond acceptors (Lipinski definition) is 3. The quantitative estimate of drug-likeness (QED) is 0.644. The number of benzene rings is 3. The number of nitrogens with one attached hydrogen (secondary N) is 3. The van der Waals surface area contributed by atoms with Crippen LogP contribution in [-0.2, 0) is 0 Å². The van der Waals surface area contributed by atoms with Crippen LogP contribution in [0.4, 0.5) is 21.9 Å². The molecule has 132 valence electrons. The molecule has 3 aromatic carbocycles. The third-order valence-electron chi connectivity index (χ3n) is 3.69. The number of nitrogens with zero attached hydrogens (tertiary/aromatic N) is 1. The second-order valence-electron chi connectivity index (χ2n) is 5.67. The fourth-order valence-corrected chi connectivity index (χ4v) is 2.39. The molecule has 3 N–H and O–H groups in total. The highest BCUT2D eigenvalue weighted by Gasteiger charge is 2.08. The van der Waals surface area contributed by atoms with E-state index in [0.29, 0.717) is 28.2 Å². The SMILES string of the molecule is N#Cc1cccc(NC(=O)c2ccc(NC(=O)Nc3ccccc3)cc2)c1. The van der Waals surface area contributed by atoms with E-state index in [2.05, 4.69) is 16.0 Å². The van der Waals surface area contributed by atoms with E-state index in [0.717, 1.165) is 0 Å². The number of amides is 3. The molecule has 0 saturated carbocycles. The molecule has 0 aliphatic heterocycles. The number of urea groups is 1. The van der Waals surface area contributed by atoms with Gasteiger partial charge in [0.2, 0.25) is 0 Å². The number of carbonyl (C=O) groups excluding carboxylic acids is 2. The molecule has 0 atom stereocenters. The van der Waals surface area contributed by atoms with E-state index >= 15 is 0 Å². The summed E-state index contributed by atoms with van der Waals surface area (Å²) in [5.41, 5.74) is 2.70. The molecule has 0 radical (unpaired) electrons. The number of para-hydroxylation sites is 1. The lowest BCUT2D eigenvalue weighted by molar-refractivity contribution is 0.102. The van der Waals surface area contributed by atoms with Crippen LogP contribution in [0.5, 0.6) is 0 Å². The topological polar surface area (TPSA) is 94.0 Å². The van der Waals surface area contributed by atoms with Gasteiger partial charge in [0.25, 0.3) is 5.91 Å². The van der Waals surface area contributed by atoms with Crippen molar-refractivity contribution in [1.29, 1.82) is 5.26 Å². The van der Waals surface area contributed by atoms with Gasteiger partial charge >= 0.3 is 6.03 Å². The van der Waals surface area contributed by atoms with E-state index in [1.807, 2.05) is 24.3 Å². The minimum atomic E-state index is -0.369. The second-order valence-corrected chi connectivity index (χ2v) is 5.67. The fourth-order valence-electron chi connectivity index (χ4n) is 2.39. The van der Waals surface area contributed by atoms with Crippen LogP contribution in [-0.4, -0.2) is 11.9 Å². The number of anilines is 3. The van der Waals surface area contributed by atoms with Crippen molar-refractivity contribution in [3.8, 4) is 6.07 Å². The second kappa shape index (κ2) is 8.32. The fraction of sp³-hybridized carbons (Fsp3) is 0. The maximum atomic E-state index is 12.3. The van der Waals surface area contributed by atoms with Crippen LogP contribution in [0.25, 0.3) is 0 Å². The van der Waals surface area contributed by atoms with Gasteiger partial charge in [0.1, 0.15) is 0 Å². The van der Waals surface area contributed by atoms with Gasteiger partial charge in [0.15, 0.2) is 0 Å². The molecule has 0 aliphatic rings. The Hall–Kier alpha value is -4.11. The Bertz CT molecular complexity index is 993. The van der Waals surface area contributed by atoms with Gasteiger partial charge in [0, 0.05) is 22.6 Å². The van der Waals surface area contributed by atoms with E-state index in [1.165, 1.54) is 0 Å². The Morgan fingerprint density at radius 2 is 1.33 bits per heavy atom. The van der Waals surface area contributed by atoms with E-state index in [9.17, 15) is 9.59 Å². The van der Waals surface area contributed by atoms with Crippen molar-refractivity contribution in [2.24, 2.45) is 0 Å². The number of nitriles is 1. The first-order valence-corrected chi connectivity index (χ1v) is 8.19. The molecule has 0 bridgehead atoms. The summed E-state index contributed by atoms with van der Waals surface area (Å²) in [5.74, 6) is -0.301. The van der Waals surface area contributed by atoms with Crippen molar-refractivity contribution < 1.29 is 9.59 Å². The summed E-state index contributed by atoms with van der Waals surface area (Å²) in [5, 5.41) is 17.1. The molecule has 0 saturated heterocycles. The molecule has 3 rings (SSSR count). The van der Waals surface area contributed by atoms with Crippen LogP contribution < -0.4 is 16.0 Å². The molecular weight excluding hydrogens is 340 g/mol. The highest BCUT2D eigenvalue weighted by molar-refractivity contribution is 6.05. The minimum absolute atomic E-state index is 0.301. The van der Waals surface area contributed by atoms with Crippen LogP contribution >= 0.6 is 0 Å². The Morgan fingerprint density at radius 1 is 0.704 bits per heavy atom. The van der Waals surface area contributed by atoms with Gasteiger partial charge in [-0.1, -0.05) is 24.3 Å². The molecule has 0 fully saturated rings. The van der Waals surface area contributed by atoms with Gasteiger partial charge in [-0.2, -0.15) is 5.26 Å². The summed E-state index contributed by atoms with van der Waals surface area (Å²) in [6.45, 7) is 0. The molecule has 0 unspecified atom stereocenters. The third-order valence-corrected chi connectivity index (χ3v) is 3.69. The van der Waals surface area contributed by atoms with Crippen molar-refractivity contribution in [2.45, 2.75) is 0 Å². The average molecular weight is 356 g/mol. The predicted octanol–water partition coefficient (Wildman–Crippen LogP) is 4.45. The zero-order valence-electron chi connectivity index (χ0n) is 14.3. The van der Waals surface area contributed by atoms with Crippen LogP contribution in [0.15, 0.2) is 78.9 Å². The Kier molecular flexibility index (Phi) is 5.45. The molecule has 3 amide bonds. The molecule has 6 heteroatoms. The van der Waals surface area contributed by atoms with E-state index < -0.39 is 0 Å². The standard InChI is InChI=1S/C21H16N4O2/c22-14-15-5-4-8-19(13-15)23-20(26)16-9-11-18(12-10-16)25-21(27)24-17-6-2-1-3-7-17/h1-13H,(H,23,26)(H2,24,25,27). The molecule has 27 heavy (non-hydrogen) atoms. The van der Waals surface area contributed by atoms with E-state index in [1.54, 1.807) is 60.7 Å². The minimum Gasteiger partial charge on any atom is -0.322 e. The van der Waals surface area contributed by atoms with Crippen molar-refractivity contribution in [2.75, 3.05) is 16.0 Å². The Morgan fingerprint density at radius 3 is 2.00 bits per heavy atom. The highest BCUT2D eigenvalue weighted by atomic mass is 16.2. The third kappa shape index (κ3) is 4.94. The molecule has 0 heterocycles. The normalized spacial score (nSPS) is 9.74. The molecule has 0 aromatic heterocycles. The molecular formula is C21H16N4O2. The predicted molar refractivity (Wildman–Crippen MR) is 105 cm³/mol. The lowest BCUT2D eigenvalue weighted by atomic mass is 10.1. The lowest BCUT2D eigenvalue weighted by Gasteiger charge is -2.09. The van der Waals surface area contributed by atoms with Crippen LogP contribution in [0, 0.1) is 11.3 Å². The maximum absolute atomic E-state index is 12.3. The zero-order valence-corrected chi connectivity index (χ0v) is 14.3. The van der Waals surface area contributed by atoms with Crippen LogP contribution in [0.2, 0.25) is 0 Å². The van der Waals surface area contributed by atoms with Gasteiger partial charge in [-0.25, -0.2) is 4.79 Å².